The predicted octanol–water partition coefficient (Wildman–Crippen LogP) is 1.89. The van der Waals surface area contributed by atoms with Crippen LogP contribution in [-0.2, 0) is 20.1 Å². The zero-order valence-electron chi connectivity index (χ0n) is 20.8. The number of Topliss-reactive ketones (excluding diaryl/α,β-unsaturated/α-hetero) is 1. The largest absolute Gasteiger partial charge is 0.338 e. The Balaban J connectivity index is 1.66. The van der Waals surface area contributed by atoms with Gasteiger partial charge in [0.25, 0.3) is 5.56 Å². The zero-order chi connectivity index (χ0) is 24.9. The number of aromatic nitrogens is 4. The fourth-order valence-corrected chi connectivity index (χ4v) is 5.45. The summed E-state index contributed by atoms with van der Waals surface area (Å²) in [4.78, 5) is 49.3. The molecule has 2 unspecified atom stereocenters. The summed E-state index contributed by atoms with van der Waals surface area (Å²) in [5.74, 6) is 1.01. The minimum Gasteiger partial charge on any atom is -0.338 e. The number of allylic oxidation sites excluding steroid dienone is 2. The first-order chi connectivity index (χ1) is 16.8. The monoisotopic (exact) mass is 476 g/mol. The first kappa shape index (κ1) is 23.3. The van der Waals surface area contributed by atoms with Crippen LogP contribution in [0.2, 0.25) is 0 Å². The van der Waals surface area contributed by atoms with Crippen LogP contribution in [0.25, 0.3) is 11.2 Å². The average molecular weight is 477 g/mol. The van der Waals surface area contributed by atoms with Crippen LogP contribution in [0, 0.1) is 5.92 Å². The summed E-state index contributed by atoms with van der Waals surface area (Å²) in [6.45, 7) is 7.07. The number of likely N-dealkylation sites (tertiary alicyclic amines) is 1. The molecular formula is C26H32N6O3. The molecule has 9 heteroatoms. The molecule has 3 aromatic rings. The quantitative estimate of drug-likeness (QED) is 0.399. The summed E-state index contributed by atoms with van der Waals surface area (Å²) in [6.07, 6.45) is 3.14. The Bertz CT molecular complexity index is 1430. The molecule has 5 rings (SSSR count). The number of rotatable bonds is 6. The number of ketones is 1. The molecule has 0 spiro atoms. The van der Waals surface area contributed by atoms with Gasteiger partial charge < -0.3 is 14.4 Å². The number of benzene rings is 1. The van der Waals surface area contributed by atoms with E-state index >= 15 is 0 Å². The van der Waals surface area contributed by atoms with E-state index in [1.54, 1.807) is 31.3 Å². The van der Waals surface area contributed by atoms with Crippen LogP contribution in [0.15, 0.2) is 51.6 Å². The van der Waals surface area contributed by atoms with Crippen molar-refractivity contribution in [2.45, 2.75) is 39.4 Å². The average Bonchev–Trinajstić information content (AvgIpc) is 3.51. The van der Waals surface area contributed by atoms with Crippen LogP contribution in [0.1, 0.15) is 30.6 Å². The fraction of sp³-hybridized carbons (Fsp3) is 0.462. The highest BCUT2D eigenvalue weighted by Crippen LogP contribution is 2.35. The first-order valence-corrected chi connectivity index (χ1v) is 12.1. The molecule has 2 saturated heterocycles. The highest BCUT2D eigenvalue weighted by atomic mass is 16.2. The van der Waals surface area contributed by atoms with Gasteiger partial charge in [0.05, 0.1) is 6.54 Å². The maximum absolute atomic E-state index is 13.7. The van der Waals surface area contributed by atoms with Crippen LogP contribution in [0.4, 0.5) is 5.95 Å². The normalized spacial score (nSPS) is 19.9. The Kier molecular flexibility index (Phi) is 5.96. The van der Waals surface area contributed by atoms with Gasteiger partial charge in [-0.05, 0) is 33.2 Å². The van der Waals surface area contributed by atoms with E-state index in [2.05, 4.69) is 22.9 Å². The Labute approximate surface area is 203 Å². The van der Waals surface area contributed by atoms with E-state index in [-0.39, 0.29) is 12.3 Å². The smallest absolute Gasteiger partial charge is 0.332 e. The molecule has 2 aliphatic rings. The number of carbonyl (C=O) groups excluding carboxylic acids is 1. The molecule has 9 nitrogen and oxygen atoms in total. The molecule has 35 heavy (non-hydrogen) atoms. The van der Waals surface area contributed by atoms with Gasteiger partial charge in [-0.2, -0.15) is 4.98 Å². The fourth-order valence-electron chi connectivity index (χ4n) is 5.45. The number of fused-ring (bicyclic) bond motifs is 2. The van der Waals surface area contributed by atoms with E-state index in [0.717, 1.165) is 42.1 Å². The third-order valence-corrected chi connectivity index (χ3v) is 7.28. The molecule has 0 saturated carbocycles. The number of imidazole rings is 1. The summed E-state index contributed by atoms with van der Waals surface area (Å²) in [6, 6.07) is 9.07. The Morgan fingerprint density at radius 1 is 1.09 bits per heavy atom. The second-order valence-electron chi connectivity index (χ2n) is 10.0. The molecule has 4 heterocycles. The Morgan fingerprint density at radius 2 is 1.83 bits per heavy atom. The summed E-state index contributed by atoms with van der Waals surface area (Å²) >= 11 is 0. The van der Waals surface area contributed by atoms with Crippen LogP contribution < -0.4 is 16.1 Å². The molecule has 2 aliphatic heterocycles. The lowest BCUT2D eigenvalue weighted by atomic mass is 10.1. The molecule has 0 amide bonds. The van der Waals surface area contributed by atoms with Gasteiger partial charge in [0.15, 0.2) is 16.9 Å². The van der Waals surface area contributed by atoms with Gasteiger partial charge in [-0.25, -0.2) is 4.79 Å². The van der Waals surface area contributed by atoms with Crippen molar-refractivity contribution in [3.63, 3.8) is 0 Å². The van der Waals surface area contributed by atoms with Crippen molar-refractivity contribution in [2.24, 2.45) is 13.0 Å². The van der Waals surface area contributed by atoms with Gasteiger partial charge in [0.2, 0.25) is 5.95 Å². The van der Waals surface area contributed by atoms with E-state index in [1.807, 2.05) is 24.5 Å². The topological polar surface area (TPSA) is 85.4 Å². The van der Waals surface area contributed by atoms with E-state index in [9.17, 15) is 14.4 Å². The van der Waals surface area contributed by atoms with Crippen molar-refractivity contribution >= 4 is 22.9 Å². The first-order valence-electron chi connectivity index (χ1n) is 12.1. The van der Waals surface area contributed by atoms with Crippen LogP contribution in [0.5, 0.6) is 0 Å². The van der Waals surface area contributed by atoms with Gasteiger partial charge in [-0.1, -0.05) is 42.0 Å². The molecule has 0 aliphatic carbocycles. The lowest BCUT2D eigenvalue weighted by molar-refractivity contribution is 0.0969. The maximum atomic E-state index is 13.7. The number of likely N-dealkylation sites (N-methyl/N-ethyl adjacent to an activating group) is 1. The summed E-state index contributed by atoms with van der Waals surface area (Å²) in [7, 11) is 3.75. The van der Waals surface area contributed by atoms with Crippen LogP contribution >= 0.6 is 0 Å². The molecule has 0 radical (unpaired) electrons. The van der Waals surface area contributed by atoms with E-state index in [0.29, 0.717) is 35.2 Å². The van der Waals surface area contributed by atoms with Crippen LogP contribution in [0.3, 0.4) is 0 Å². The minimum absolute atomic E-state index is 0.281. The molecular weight excluding hydrogens is 444 g/mol. The summed E-state index contributed by atoms with van der Waals surface area (Å²) in [5, 5.41) is 0. The molecule has 2 fully saturated rings. The number of carbonyl (C=O) groups is 1. The lowest BCUT2D eigenvalue weighted by Crippen LogP contribution is -2.41. The third kappa shape index (κ3) is 4.03. The van der Waals surface area contributed by atoms with Gasteiger partial charge in [-0.15, -0.1) is 0 Å². The maximum Gasteiger partial charge on any atom is 0.332 e. The van der Waals surface area contributed by atoms with Crippen molar-refractivity contribution < 1.29 is 4.79 Å². The molecule has 0 bridgehead atoms. The van der Waals surface area contributed by atoms with Crippen molar-refractivity contribution in [1.82, 2.24) is 23.6 Å². The molecule has 184 valence electrons. The summed E-state index contributed by atoms with van der Waals surface area (Å²) in [5.41, 5.74) is 1.29. The molecule has 2 atom stereocenters. The number of hydrogen-bond donors (Lipinski definition) is 0. The molecule has 2 aromatic heterocycles. The Hall–Kier alpha value is -3.46. The van der Waals surface area contributed by atoms with Gasteiger partial charge in [-0.3, -0.25) is 18.7 Å². The van der Waals surface area contributed by atoms with Crippen LogP contribution in [-0.4, -0.2) is 62.1 Å². The zero-order valence-corrected chi connectivity index (χ0v) is 20.8. The van der Waals surface area contributed by atoms with Gasteiger partial charge in [0, 0.05) is 44.8 Å². The van der Waals surface area contributed by atoms with Gasteiger partial charge >= 0.3 is 5.69 Å². The number of hydrogen-bond acceptors (Lipinski definition) is 6. The lowest BCUT2D eigenvalue weighted by Gasteiger charge is -2.25. The highest BCUT2D eigenvalue weighted by molar-refractivity contribution is 5.95. The van der Waals surface area contributed by atoms with Gasteiger partial charge in [0.1, 0.15) is 0 Å². The number of anilines is 1. The van der Waals surface area contributed by atoms with Crippen molar-refractivity contribution in [3.8, 4) is 0 Å². The molecule has 0 N–H and O–H groups in total. The SMILES string of the molecule is CC(C)=CCn1c(N2CCC3CN(C)CC32)nc2c1c(=O)n(CC(=O)c1ccccc1)c(=O)n2C. The second-order valence-corrected chi connectivity index (χ2v) is 10.0. The third-order valence-electron chi connectivity index (χ3n) is 7.28. The highest BCUT2D eigenvalue weighted by Gasteiger charge is 2.42. The van der Waals surface area contributed by atoms with Crippen molar-refractivity contribution in [2.75, 3.05) is 31.6 Å². The number of nitrogens with zero attached hydrogens (tertiary/aromatic N) is 6. The van der Waals surface area contributed by atoms with E-state index < -0.39 is 11.2 Å². The summed E-state index contributed by atoms with van der Waals surface area (Å²) < 4.78 is 4.36. The van der Waals surface area contributed by atoms with Crippen molar-refractivity contribution in [3.05, 3.63) is 68.4 Å². The Morgan fingerprint density at radius 3 is 2.54 bits per heavy atom. The van der Waals surface area contributed by atoms with E-state index in [4.69, 9.17) is 4.98 Å². The van der Waals surface area contributed by atoms with Crippen molar-refractivity contribution in [1.29, 1.82) is 0 Å². The minimum atomic E-state index is -0.537. The molecule has 1 aromatic carbocycles. The number of aryl methyl sites for hydroxylation is 1. The standard InChI is InChI=1S/C26H32N6O3/c1-17(2)10-12-31-22-23(27-25(31)30-13-11-19-14-28(3)15-20(19)30)29(4)26(35)32(24(22)34)16-21(33)18-8-6-5-7-9-18/h5-10,19-20H,11-16H2,1-4H3. The van der Waals surface area contributed by atoms with E-state index in [1.165, 1.54) is 4.57 Å². The predicted molar refractivity (Wildman–Crippen MR) is 136 cm³/mol. The second kappa shape index (κ2) is 8.96.